The second-order valence-electron chi connectivity index (χ2n) is 3.55. The monoisotopic (exact) mass is 218 g/mol. The number of hydrogen-bond donors (Lipinski definition) is 0. The third-order valence-corrected chi connectivity index (χ3v) is 2.17. The van der Waals surface area contributed by atoms with Crippen LogP contribution in [0.15, 0.2) is 12.1 Å². The molecule has 1 nitrogen and oxygen atoms in total. The van der Waals surface area contributed by atoms with Crippen LogP contribution in [0.25, 0.3) is 0 Å². The van der Waals surface area contributed by atoms with Crippen LogP contribution in [0.1, 0.15) is 16.7 Å². The predicted molar refractivity (Wildman–Crippen MR) is 52.2 cm³/mol. The summed E-state index contributed by atoms with van der Waals surface area (Å²) in [6.07, 6.45) is -5.14. The number of halogens is 3. The Morgan fingerprint density at radius 2 is 1.80 bits per heavy atom. The van der Waals surface area contributed by atoms with Gasteiger partial charge in [-0.1, -0.05) is 6.07 Å². The van der Waals surface area contributed by atoms with Gasteiger partial charge < -0.3 is 4.74 Å². The van der Waals surface area contributed by atoms with E-state index in [1.165, 1.54) is 7.11 Å². The van der Waals surface area contributed by atoms with E-state index in [1.807, 2.05) is 6.92 Å². The van der Waals surface area contributed by atoms with Crippen molar-refractivity contribution in [2.24, 2.45) is 0 Å². The van der Waals surface area contributed by atoms with Crippen molar-refractivity contribution < 1.29 is 17.9 Å². The summed E-state index contributed by atoms with van der Waals surface area (Å²) in [7, 11) is 1.38. The Bertz CT molecular complexity index is 356. The molecule has 15 heavy (non-hydrogen) atoms. The first-order valence-electron chi connectivity index (χ1n) is 4.54. The first kappa shape index (κ1) is 11.9. The highest BCUT2D eigenvalue weighted by Crippen LogP contribution is 2.30. The van der Waals surface area contributed by atoms with Gasteiger partial charge in [-0.25, -0.2) is 0 Å². The smallest absolute Gasteiger partial charge is 0.393 e. The zero-order valence-corrected chi connectivity index (χ0v) is 8.90. The van der Waals surface area contributed by atoms with Gasteiger partial charge in [0.25, 0.3) is 0 Å². The van der Waals surface area contributed by atoms with Crippen molar-refractivity contribution >= 4 is 0 Å². The lowest BCUT2D eigenvalue weighted by Gasteiger charge is -2.14. The van der Waals surface area contributed by atoms with E-state index < -0.39 is 12.6 Å². The zero-order valence-electron chi connectivity index (χ0n) is 8.90. The molecule has 0 amide bonds. The van der Waals surface area contributed by atoms with E-state index in [9.17, 15) is 13.2 Å². The average molecular weight is 218 g/mol. The number of ether oxygens (including phenoxy) is 1. The van der Waals surface area contributed by atoms with Gasteiger partial charge in [0.1, 0.15) is 5.75 Å². The summed E-state index contributed by atoms with van der Waals surface area (Å²) < 4.78 is 41.8. The number of rotatable bonds is 2. The maximum absolute atomic E-state index is 12.3. The van der Waals surface area contributed by atoms with E-state index in [1.54, 1.807) is 19.1 Å². The van der Waals surface area contributed by atoms with Crippen LogP contribution in [0.5, 0.6) is 5.75 Å². The minimum absolute atomic E-state index is 0.218. The van der Waals surface area contributed by atoms with Gasteiger partial charge in [0.2, 0.25) is 0 Å². The molecule has 0 fully saturated rings. The topological polar surface area (TPSA) is 9.23 Å². The molecule has 0 heterocycles. The van der Waals surface area contributed by atoms with Crippen molar-refractivity contribution in [1.82, 2.24) is 0 Å². The summed E-state index contributed by atoms with van der Waals surface area (Å²) in [5, 5.41) is 0. The van der Waals surface area contributed by atoms with Gasteiger partial charge in [-0.05, 0) is 31.0 Å². The Morgan fingerprint density at radius 1 is 1.20 bits per heavy atom. The van der Waals surface area contributed by atoms with Crippen LogP contribution in [-0.2, 0) is 6.42 Å². The lowest BCUT2D eigenvalue weighted by molar-refractivity contribution is -0.127. The Balaban J connectivity index is 3.15. The molecule has 0 aliphatic carbocycles. The van der Waals surface area contributed by atoms with Gasteiger partial charge in [-0.15, -0.1) is 0 Å². The van der Waals surface area contributed by atoms with E-state index in [-0.39, 0.29) is 5.56 Å². The highest BCUT2D eigenvalue weighted by molar-refractivity contribution is 5.43. The molecule has 0 spiro atoms. The minimum Gasteiger partial charge on any atom is -0.496 e. The molecule has 1 aromatic carbocycles. The molecule has 0 N–H and O–H groups in total. The number of aryl methyl sites for hydroxylation is 2. The second kappa shape index (κ2) is 4.13. The third-order valence-electron chi connectivity index (χ3n) is 2.17. The van der Waals surface area contributed by atoms with E-state index in [0.29, 0.717) is 11.3 Å². The fourth-order valence-electron chi connectivity index (χ4n) is 1.57. The van der Waals surface area contributed by atoms with Crippen LogP contribution in [0.2, 0.25) is 0 Å². The van der Waals surface area contributed by atoms with Crippen molar-refractivity contribution in [2.45, 2.75) is 26.4 Å². The number of benzene rings is 1. The summed E-state index contributed by atoms with van der Waals surface area (Å²) in [6, 6.07) is 3.34. The highest BCUT2D eigenvalue weighted by Gasteiger charge is 2.30. The van der Waals surface area contributed by atoms with E-state index in [4.69, 9.17) is 4.74 Å². The van der Waals surface area contributed by atoms with Crippen molar-refractivity contribution in [2.75, 3.05) is 7.11 Å². The van der Waals surface area contributed by atoms with Gasteiger partial charge in [-0.3, -0.25) is 0 Å². The first-order valence-corrected chi connectivity index (χ1v) is 4.54. The molecule has 0 radical (unpaired) electrons. The molecule has 0 saturated heterocycles. The second-order valence-corrected chi connectivity index (χ2v) is 3.55. The van der Waals surface area contributed by atoms with Crippen LogP contribution in [0.4, 0.5) is 13.2 Å². The van der Waals surface area contributed by atoms with Crippen molar-refractivity contribution in [3.8, 4) is 5.75 Å². The summed E-state index contributed by atoms with van der Waals surface area (Å²) in [5.74, 6) is 0.310. The molecule has 1 rings (SSSR count). The van der Waals surface area contributed by atoms with Crippen LogP contribution in [0.3, 0.4) is 0 Å². The molecule has 0 aliphatic rings. The Labute approximate surface area is 86.9 Å². The lowest BCUT2D eigenvalue weighted by Crippen LogP contribution is -2.13. The minimum atomic E-state index is -4.20. The maximum Gasteiger partial charge on any atom is 0.393 e. The van der Waals surface area contributed by atoms with E-state index in [0.717, 1.165) is 5.56 Å². The Kier molecular flexibility index (Phi) is 3.27. The summed E-state index contributed by atoms with van der Waals surface area (Å²) in [5.41, 5.74) is 1.73. The maximum atomic E-state index is 12.3. The normalized spacial score (nSPS) is 11.6. The molecule has 4 heteroatoms. The van der Waals surface area contributed by atoms with Crippen LogP contribution < -0.4 is 4.74 Å². The molecule has 0 aliphatic heterocycles. The molecule has 0 unspecified atom stereocenters. The number of methoxy groups -OCH3 is 1. The SMILES string of the molecule is COc1cc(C)cc(C)c1CC(F)(F)F. The van der Waals surface area contributed by atoms with Crippen LogP contribution >= 0.6 is 0 Å². The molecule has 1 aromatic rings. The summed E-state index contributed by atoms with van der Waals surface area (Å²) in [4.78, 5) is 0. The van der Waals surface area contributed by atoms with Gasteiger partial charge in [0.15, 0.2) is 0 Å². The van der Waals surface area contributed by atoms with E-state index in [2.05, 4.69) is 0 Å². The van der Waals surface area contributed by atoms with E-state index >= 15 is 0 Å². The Morgan fingerprint density at radius 3 is 2.27 bits per heavy atom. The van der Waals surface area contributed by atoms with Crippen molar-refractivity contribution in [3.05, 3.63) is 28.8 Å². The van der Waals surface area contributed by atoms with Crippen molar-refractivity contribution in [1.29, 1.82) is 0 Å². The highest BCUT2D eigenvalue weighted by atomic mass is 19.4. The first-order chi connectivity index (χ1) is 6.83. The van der Waals surface area contributed by atoms with Gasteiger partial charge in [0, 0.05) is 5.56 Å². The van der Waals surface area contributed by atoms with Gasteiger partial charge >= 0.3 is 6.18 Å². The zero-order chi connectivity index (χ0) is 11.6. The van der Waals surface area contributed by atoms with Crippen molar-refractivity contribution in [3.63, 3.8) is 0 Å². The Hall–Kier alpha value is -1.19. The largest absolute Gasteiger partial charge is 0.496 e. The molecule has 0 aromatic heterocycles. The van der Waals surface area contributed by atoms with Gasteiger partial charge in [-0.2, -0.15) is 13.2 Å². The quantitative estimate of drug-likeness (QED) is 0.739. The fraction of sp³-hybridized carbons (Fsp3) is 0.455. The molecule has 0 saturated carbocycles. The fourth-order valence-corrected chi connectivity index (χ4v) is 1.57. The molecular formula is C11H13F3O. The van der Waals surface area contributed by atoms with Gasteiger partial charge in [0.05, 0.1) is 13.5 Å². The number of hydrogen-bond acceptors (Lipinski definition) is 1. The molecule has 0 atom stereocenters. The molecule has 0 bridgehead atoms. The lowest BCUT2D eigenvalue weighted by atomic mass is 10.0. The predicted octanol–water partition coefficient (Wildman–Crippen LogP) is 3.42. The number of alkyl halides is 3. The summed E-state index contributed by atoms with van der Waals surface area (Å²) in [6.45, 7) is 3.49. The standard InChI is InChI=1S/C11H13F3O/c1-7-4-8(2)9(6-11(12,13)14)10(5-7)15-3/h4-5H,6H2,1-3H3. The molecular weight excluding hydrogens is 205 g/mol. The van der Waals surface area contributed by atoms with Crippen LogP contribution in [-0.4, -0.2) is 13.3 Å². The molecule has 84 valence electrons. The average Bonchev–Trinajstić information content (AvgIpc) is 2.07. The van der Waals surface area contributed by atoms with Crippen LogP contribution in [0, 0.1) is 13.8 Å². The third kappa shape index (κ3) is 3.15. The summed E-state index contributed by atoms with van der Waals surface area (Å²) >= 11 is 0.